The Morgan fingerprint density at radius 2 is 1.88 bits per heavy atom. The van der Waals surface area contributed by atoms with E-state index in [9.17, 15) is 4.79 Å². The van der Waals surface area contributed by atoms with E-state index < -0.39 is 0 Å². The predicted molar refractivity (Wildman–Crippen MR) is 70.6 cm³/mol. The molecule has 3 aliphatic carbocycles. The van der Waals surface area contributed by atoms with Crippen molar-refractivity contribution in [2.24, 2.45) is 17.3 Å². The Labute approximate surface area is 109 Å². The van der Waals surface area contributed by atoms with E-state index in [4.69, 9.17) is 0 Å². The fraction of sp³-hybridized carbons (Fsp3) is 0.533. The van der Waals surface area contributed by atoms with E-state index in [-0.39, 0.29) is 0 Å². The molecule has 0 aliphatic heterocycles. The minimum absolute atomic E-state index is 0.292. The SMILES string of the molecule is CC1(C)[C@H]2C[C@H]([Se]c3ccccc3)C(=O)[C@@H]1C2. The van der Waals surface area contributed by atoms with E-state index in [2.05, 4.69) is 38.1 Å². The summed E-state index contributed by atoms with van der Waals surface area (Å²) in [4.78, 5) is 12.7. The summed E-state index contributed by atoms with van der Waals surface area (Å²) in [6, 6.07) is 10.5. The summed E-state index contributed by atoms with van der Waals surface area (Å²) >= 11 is 0.339. The van der Waals surface area contributed by atoms with Crippen molar-refractivity contribution in [1.29, 1.82) is 0 Å². The average Bonchev–Trinajstić information content (AvgIpc) is 2.32. The first-order valence-corrected chi connectivity index (χ1v) is 8.19. The molecule has 0 spiro atoms. The second kappa shape index (κ2) is 3.96. The number of carbonyl (C=O) groups excluding carboxylic acids is 1. The van der Waals surface area contributed by atoms with Crippen LogP contribution in [0.15, 0.2) is 30.3 Å². The number of Topliss-reactive ketones (excluding diaryl/α,β-unsaturated/α-hetero) is 1. The zero-order valence-electron chi connectivity index (χ0n) is 10.3. The number of hydrogen-bond acceptors (Lipinski definition) is 1. The molecule has 1 aromatic rings. The van der Waals surface area contributed by atoms with E-state index in [0.717, 1.165) is 18.8 Å². The number of fused-ring (bicyclic) bond motifs is 2. The first-order chi connectivity index (χ1) is 8.09. The molecule has 3 saturated carbocycles. The zero-order chi connectivity index (χ0) is 12.0. The van der Waals surface area contributed by atoms with Crippen LogP contribution in [0.25, 0.3) is 0 Å². The van der Waals surface area contributed by atoms with Gasteiger partial charge in [-0.25, -0.2) is 0 Å². The Morgan fingerprint density at radius 3 is 2.47 bits per heavy atom. The van der Waals surface area contributed by atoms with Gasteiger partial charge in [-0.15, -0.1) is 0 Å². The molecule has 2 heteroatoms. The van der Waals surface area contributed by atoms with Gasteiger partial charge in [0.25, 0.3) is 0 Å². The quantitative estimate of drug-likeness (QED) is 0.766. The molecule has 3 fully saturated rings. The molecule has 0 heterocycles. The van der Waals surface area contributed by atoms with Crippen LogP contribution in [0.5, 0.6) is 0 Å². The number of hydrogen-bond donors (Lipinski definition) is 0. The van der Waals surface area contributed by atoms with Gasteiger partial charge in [0.05, 0.1) is 0 Å². The minimum atomic E-state index is 0.292. The molecular formula is C15H18OSe. The molecule has 0 unspecified atom stereocenters. The molecule has 1 nitrogen and oxygen atoms in total. The molecule has 3 aliphatic rings. The van der Waals surface area contributed by atoms with Crippen molar-refractivity contribution in [2.75, 3.05) is 0 Å². The van der Waals surface area contributed by atoms with Crippen molar-refractivity contribution in [3.05, 3.63) is 30.3 Å². The van der Waals surface area contributed by atoms with Gasteiger partial charge in [-0.3, -0.25) is 0 Å². The van der Waals surface area contributed by atoms with Crippen LogP contribution in [0.2, 0.25) is 4.82 Å². The van der Waals surface area contributed by atoms with Gasteiger partial charge in [0, 0.05) is 0 Å². The fourth-order valence-electron chi connectivity index (χ4n) is 3.27. The van der Waals surface area contributed by atoms with Crippen LogP contribution < -0.4 is 4.46 Å². The van der Waals surface area contributed by atoms with Crippen LogP contribution in [0, 0.1) is 17.3 Å². The monoisotopic (exact) mass is 294 g/mol. The number of carbonyl (C=O) groups is 1. The molecule has 4 rings (SSSR count). The van der Waals surface area contributed by atoms with Crippen LogP contribution in [0.4, 0.5) is 0 Å². The summed E-state index contributed by atoms with van der Waals surface area (Å²) < 4.78 is 1.37. The summed E-state index contributed by atoms with van der Waals surface area (Å²) in [5, 5.41) is 0. The van der Waals surface area contributed by atoms with Gasteiger partial charge in [0.2, 0.25) is 0 Å². The third-order valence-electron chi connectivity index (χ3n) is 4.65. The van der Waals surface area contributed by atoms with E-state index >= 15 is 0 Å². The zero-order valence-corrected chi connectivity index (χ0v) is 12.1. The molecule has 0 saturated heterocycles. The summed E-state index contributed by atoms with van der Waals surface area (Å²) in [5.41, 5.74) is 0.292. The summed E-state index contributed by atoms with van der Waals surface area (Å²) in [6.07, 6.45) is 2.30. The fourth-order valence-corrected chi connectivity index (χ4v) is 5.89. The standard InChI is InChI=1S/C15H18OSe/c1-15(2)10-8-12(15)14(16)13(9-10)17-11-6-4-3-5-7-11/h3-7,10,12-13H,8-9H2,1-2H3/t10-,12+,13+/m1/s1. The molecular weight excluding hydrogens is 275 g/mol. The van der Waals surface area contributed by atoms with Gasteiger partial charge in [0.1, 0.15) is 0 Å². The summed E-state index contributed by atoms with van der Waals surface area (Å²) in [5.74, 6) is 1.71. The topological polar surface area (TPSA) is 17.1 Å². The first kappa shape index (κ1) is 11.5. The van der Waals surface area contributed by atoms with Crippen molar-refractivity contribution < 1.29 is 4.79 Å². The van der Waals surface area contributed by atoms with Gasteiger partial charge in [-0.1, -0.05) is 0 Å². The van der Waals surface area contributed by atoms with Crippen molar-refractivity contribution in [2.45, 2.75) is 31.5 Å². The Hall–Kier alpha value is -0.591. The van der Waals surface area contributed by atoms with Gasteiger partial charge in [-0.2, -0.15) is 0 Å². The predicted octanol–water partition coefficient (Wildman–Crippen LogP) is 2.44. The number of ketones is 1. The molecule has 1 aromatic carbocycles. The molecule has 90 valence electrons. The molecule has 0 N–H and O–H groups in total. The van der Waals surface area contributed by atoms with Gasteiger partial charge in [0.15, 0.2) is 0 Å². The molecule has 3 atom stereocenters. The Balaban J connectivity index is 1.74. The molecule has 0 amide bonds. The van der Waals surface area contributed by atoms with Crippen LogP contribution in [-0.4, -0.2) is 20.7 Å². The van der Waals surface area contributed by atoms with E-state index in [0.29, 0.717) is 36.9 Å². The maximum absolute atomic E-state index is 12.4. The third-order valence-corrected chi connectivity index (χ3v) is 7.28. The molecule has 0 aromatic heterocycles. The maximum atomic E-state index is 12.4. The first-order valence-electron chi connectivity index (χ1n) is 6.34. The van der Waals surface area contributed by atoms with Gasteiger partial charge >= 0.3 is 109 Å². The van der Waals surface area contributed by atoms with Crippen LogP contribution in [0.1, 0.15) is 26.7 Å². The molecule has 2 bridgehead atoms. The summed E-state index contributed by atoms with van der Waals surface area (Å²) in [6.45, 7) is 4.55. The van der Waals surface area contributed by atoms with E-state index in [1.165, 1.54) is 4.46 Å². The van der Waals surface area contributed by atoms with Gasteiger partial charge < -0.3 is 0 Å². The van der Waals surface area contributed by atoms with E-state index in [1.54, 1.807) is 0 Å². The number of rotatable bonds is 2. The third kappa shape index (κ3) is 1.78. The second-order valence-corrected chi connectivity index (χ2v) is 8.54. The molecule has 0 radical (unpaired) electrons. The average molecular weight is 293 g/mol. The Kier molecular flexibility index (Phi) is 2.68. The Morgan fingerprint density at radius 1 is 1.18 bits per heavy atom. The Bertz CT molecular complexity index is 437. The van der Waals surface area contributed by atoms with Gasteiger partial charge in [-0.05, 0) is 0 Å². The van der Waals surface area contributed by atoms with Crippen LogP contribution in [0.3, 0.4) is 0 Å². The normalized spacial score (nSPS) is 34.2. The van der Waals surface area contributed by atoms with Crippen molar-refractivity contribution >= 4 is 25.2 Å². The summed E-state index contributed by atoms with van der Waals surface area (Å²) in [7, 11) is 0. The second-order valence-electron chi connectivity index (χ2n) is 5.86. The van der Waals surface area contributed by atoms with Crippen LogP contribution >= 0.6 is 0 Å². The van der Waals surface area contributed by atoms with Crippen molar-refractivity contribution in [1.82, 2.24) is 0 Å². The number of benzene rings is 1. The van der Waals surface area contributed by atoms with Crippen molar-refractivity contribution in [3.8, 4) is 0 Å². The van der Waals surface area contributed by atoms with Crippen LogP contribution in [-0.2, 0) is 4.79 Å². The molecule has 17 heavy (non-hydrogen) atoms. The van der Waals surface area contributed by atoms with E-state index in [1.807, 2.05) is 6.07 Å². The van der Waals surface area contributed by atoms with Crippen molar-refractivity contribution in [3.63, 3.8) is 0 Å².